The van der Waals surface area contributed by atoms with Gasteiger partial charge in [0.25, 0.3) is 0 Å². The quantitative estimate of drug-likeness (QED) is 0.651. The van der Waals surface area contributed by atoms with E-state index in [1.807, 2.05) is 26.0 Å². The molecule has 0 bridgehead atoms. The number of pyridine rings is 1. The van der Waals surface area contributed by atoms with E-state index in [1.165, 1.54) is 7.11 Å². The van der Waals surface area contributed by atoms with Crippen LogP contribution >= 0.6 is 0 Å². The van der Waals surface area contributed by atoms with E-state index in [0.29, 0.717) is 11.3 Å². The van der Waals surface area contributed by atoms with Crippen molar-refractivity contribution in [2.75, 3.05) is 12.8 Å². The molecule has 1 aromatic heterocycles. The standard InChI is InChI=1S/C14H16N2O2/c1-4-9-5-6-10-8(2)13(15)11(14(17)18-3)7-12(10)16-9/h5-7H,4,15H2,1-3H3. The molecular weight excluding hydrogens is 228 g/mol. The van der Waals surface area contributed by atoms with E-state index in [4.69, 9.17) is 10.5 Å². The highest BCUT2D eigenvalue weighted by atomic mass is 16.5. The summed E-state index contributed by atoms with van der Waals surface area (Å²) in [5.74, 6) is -0.429. The number of methoxy groups -OCH3 is 1. The largest absolute Gasteiger partial charge is 0.465 e. The molecular formula is C14H16N2O2. The average Bonchev–Trinajstić information content (AvgIpc) is 2.41. The Morgan fingerprint density at radius 2 is 2.17 bits per heavy atom. The summed E-state index contributed by atoms with van der Waals surface area (Å²) >= 11 is 0. The zero-order valence-corrected chi connectivity index (χ0v) is 10.8. The van der Waals surface area contributed by atoms with Crippen LogP contribution in [0.15, 0.2) is 18.2 Å². The van der Waals surface area contributed by atoms with E-state index in [2.05, 4.69) is 4.98 Å². The maximum Gasteiger partial charge on any atom is 0.340 e. The number of hydrogen-bond donors (Lipinski definition) is 1. The lowest BCUT2D eigenvalue weighted by Crippen LogP contribution is -2.08. The summed E-state index contributed by atoms with van der Waals surface area (Å²) in [7, 11) is 1.34. The molecule has 0 aliphatic carbocycles. The van der Waals surface area contributed by atoms with E-state index in [9.17, 15) is 4.79 Å². The number of carbonyl (C=O) groups excluding carboxylic acids is 1. The topological polar surface area (TPSA) is 65.2 Å². The minimum absolute atomic E-state index is 0.378. The molecule has 2 aromatic rings. The van der Waals surface area contributed by atoms with E-state index < -0.39 is 5.97 Å². The van der Waals surface area contributed by atoms with Gasteiger partial charge in [0, 0.05) is 16.8 Å². The third-order valence-electron chi connectivity index (χ3n) is 3.13. The van der Waals surface area contributed by atoms with Crippen LogP contribution in [-0.4, -0.2) is 18.1 Å². The Balaban J connectivity index is 2.75. The maximum atomic E-state index is 11.7. The van der Waals surface area contributed by atoms with E-state index in [-0.39, 0.29) is 0 Å². The van der Waals surface area contributed by atoms with Crippen molar-refractivity contribution < 1.29 is 9.53 Å². The van der Waals surface area contributed by atoms with Gasteiger partial charge in [0.05, 0.1) is 18.2 Å². The van der Waals surface area contributed by atoms with Gasteiger partial charge in [0.2, 0.25) is 0 Å². The molecule has 94 valence electrons. The Labute approximate surface area is 106 Å². The molecule has 0 aliphatic heterocycles. The van der Waals surface area contributed by atoms with Gasteiger partial charge < -0.3 is 10.5 Å². The second kappa shape index (κ2) is 4.64. The SMILES string of the molecule is CCc1ccc2c(C)c(N)c(C(=O)OC)cc2n1. The molecule has 0 saturated carbocycles. The van der Waals surface area contributed by atoms with Gasteiger partial charge in [-0.15, -0.1) is 0 Å². The Hall–Kier alpha value is -2.10. The number of nitrogens with zero attached hydrogens (tertiary/aromatic N) is 1. The second-order valence-electron chi connectivity index (χ2n) is 4.18. The number of aryl methyl sites for hydroxylation is 2. The van der Waals surface area contributed by atoms with Crippen LogP contribution in [0.4, 0.5) is 5.69 Å². The van der Waals surface area contributed by atoms with E-state index >= 15 is 0 Å². The minimum Gasteiger partial charge on any atom is -0.465 e. The van der Waals surface area contributed by atoms with Gasteiger partial charge in [-0.1, -0.05) is 13.0 Å². The van der Waals surface area contributed by atoms with Crippen molar-refractivity contribution in [3.63, 3.8) is 0 Å². The van der Waals surface area contributed by atoms with Crippen molar-refractivity contribution in [2.45, 2.75) is 20.3 Å². The van der Waals surface area contributed by atoms with Gasteiger partial charge >= 0.3 is 5.97 Å². The molecule has 0 unspecified atom stereocenters. The lowest BCUT2D eigenvalue weighted by molar-refractivity contribution is 0.0602. The first kappa shape index (κ1) is 12.4. The number of carbonyl (C=O) groups is 1. The van der Waals surface area contributed by atoms with Crippen LogP contribution in [0.1, 0.15) is 28.5 Å². The summed E-state index contributed by atoms with van der Waals surface area (Å²) in [5.41, 5.74) is 9.44. The van der Waals surface area contributed by atoms with Crippen LogP contribution in [0.25, 0.3) is 10.9 Å². The smallest absolute Gasteiger partial charge is 0.340 e. The molecule has 0 amide bonds. The minimum atomic E-state index is -0.429. The number of nitrogens with two attached hydrogens (primary N) is 1. The van der Waals surface area contributed by atoms with Crippen molar-refractivity contribution in [3.05, 3.63) is 35.0 Å². The number of ether oxygens (including phenoxy) is 1. The number of anilines is 1. The molecule has 1 aromatic carbocycles. The van der Waals surface area contributed by atoms with Gasteiger partial charge in [0.1, 0.15) is 0 Å². The average molecular weight is 244 g/mol. The highest BCUT2D eigenvalue weighted by Crippen LogP contribution is 2.27. The fourth-order valence-electron chi connectivity index (χ4n) is 1.98. The number of rotatable bonds is 2. The predicted molar refractivity (Wildman–Crippen MR) is 71.6 cm³/mol. The van der Waals surface area contributed by atoms with Crippen molar-refractivity contribution in [2.24, 2.45) is 0 Å². The third-order valence-corrected chi connectivity index (χ3v) is 3.13. The van der Waals surface area contributed by atoms with Crippen LogP contribution in [0.2, 0.25) is 0 Å². The molecule has 0 fully saturated rings. The predicted octanol–water partition coefficient (Wildman–Crippen LogP) is 2.47. The number of hydrogen-bond acceptors (Lipinski definition) is 4. The maximum absolute atomic E-state index is 11.7. The van der Waals surface area contributed by atoms with Crippen LogP contribution in [0.5, 0.6) is 0 Å². The van der Waals surface area contributed by atoms with Crippen LogP contribution in [-0.2, 0) is 11.2 Å². The number of esters is 1. The lowest BCUT2D eigenvalue weighted by Gasteiger charge is -2.11. The summed E-state index contributed by atoms with van der Waals surface area (Å²) in [4.78, 5) is 16.2. The fourth-order valence-corrected chi connectivity index (χ4v) is 1.98. The molecule has 4 nitrogen and oxygen atoms in total. The number of aromatic nitrogens is 1. The van der Waals surface area contributed by atoms with Crippen LogP contribution in [0, 0.1) is 6.92 Å². The summed E-state index contributed by atoms with van der Waals surface area (Å²) < 4.78 is 4.73. The molecule has 0 spiro atoms. The molecule has 0 atom stereocenters. The number of benzene rings is 1. The Morgan fingerprint density at radius 3 is 2.78 bits per heavy atom. The van der Waals surface area contributed by atoms with E-state index in [0.717, 1.165) is 28.6 Å². The summed E-state index contributed by atoms with van der Waals surface area (Å²) in [5, 5.41) is 0.970. The third kappa shape index (κ3) is 1.90. The normalized spacial score (nSPS) is 10.6. The van der Waals surface area contributed by atoms with Crippen LogP contribution in [0.3, 0.4) is 0 Å². The van der Waals surface area contributed by atoms with Crippen molar-refractivity contribution >= 4 is 22.6 Å². The second-order valence-corrected chi connectivity index (χ2v) is 4.18. The molecule has 0 radical (unpaired) electrons. The summed E-state index contributed by atoms with van der Waals surface area (Å²) in [6.07, 6.45) is 0.854. The Bertz CT molecular complexity index is 621. The number of nitrogen functional groups attached to an aromatic ring is 1. The first-order valence-corrected chi connectivity index (χ1v) is 5.85. The highest BCUT2D eigenvalue weighted by Gasteiger charge is 2.15. The first-order valence-electron chi connectivity index (χ1n) is 5.85. The highest BCUT2D eigenvalue weighted by molar-refractivity contribution is 6.02. The Morgan fingerprint density at radius 1 is 1.44 bits per heavy atom. The van der Waals surface area contributed by atoms with Gasteiger partial charge in [-0.2, -0.15) is 0 Å². The molecule has 18 heavy (non-hydrogen) atoms. The lowest BCUT2D eigenvalue weighted by atomic mass is 10.0. The molecule has 4 heteroatoms. The van der Waals surface area contributed by atoms with Crippen LogP contribution < -0.4 is 5.73 Å². The van der Waals surface area contributed by atoms with Crippen molar-refractivity contribution in [1.29, 1.82) is 0 Å². The molecule has 2 rings (SSSR count). The fraction of sp³-hybridized carbons (Fsp3) is 0.286. The monoisotopic (exact) mass is 244 g/mol. The van der Waals surface area contributed by atoms with Gasteiger partial charge in [-0.25, -0.2) is 4.79 Å². The number of fused-ring (bicyclic) bond motifs is 1. The molecule has 0 aliphatic rings. The summed E-state index contributed by atoms with van der Waals surface area (Å²) in [6.45, 7) is 3.93. The van der Waals surface area contributed by atoms with Gasteiger partial charge in [0.15, 0.2) is 0 Å². The zero-order chi connectivity index (χ0) is 13.3. The molecule has 2 N–H and O–H groups in total. The molecule has 0 saturated heterocycles. The van der Waals surface area contributed by atoms with Gasteiger partial charge in [-0.3, -0.25) is 4.98 Å². The van der Waals surface area contributed by atoms with Gasteiger partial charge in [-0.05, 0) is 31.0 Å². The Kier molecular flexibility index (Phi) is 3.19. The first-order chi connectivity index (χ1) is 8.58. The molecule has 1 heterocycles. The summed E-state index contributed by atoms with van der Waals surface area (Å²) in [6, 6.07) is 5.67. The zero-order valence-electron chi connectivity index (χ0n) is 10.8. The van der Waals surface area contributed by atoms with Crippen molar-refractivity contribution in [1.82, 2.24) is 4.98 Å². The van der Waals surface area contributed by atoms with E-state index in [1.54, 1.807) is 6.07 Å². The van der Waals surface area contributed by atoms with Crippen molar-refractivity contribution in [3.8, 4) is 0 Å².